The molecule has 0 bridgehead atoms. The standard InChI is InChI=1S/C13H26O9/c14-1-3-18-5-7-20-9-12(22-11-13(16)17)10-21-8-6-19-4-2-15/h12,14-15H,1-11H2,(H,16,17). The molecule has 0 spiro atoms. The molecule has 0 aliphatic carbocycles. The zero-order valence-electron chi connectivity index (χ0n) is 12.6. The predicted octanol–water partition coefficient (Wildman–Crippen LogP) is -1.49. The number of carboxylic acids is 1. The summed E-state index contributed by atoms with van der Waals surface area (Å²) in [6.07, 6.45) is -0.508. The van der Waals surface area contributed by atoms with E-state index in [1.807, 2.05) is 0 Å². The minimum absolute atomic E-state index is 0.0451. The van der Waals surface area contributed by atoms with E-state index in [9.17, 15) is 4.79 Å². The summed E-state index contributed by atoms with van der Waals surface area (Å²) in [6.45, 7) is 1.62. The van der Waals surface area contributed by atoms with Crippen LogP contribution in [-0.2, 0) is 28.5 Å². The van der Waals surface area contributed by atoms with Crippen LogP contribution < -0.4 is 0 Å². The molecule has 0 fully saturated rings. The Bertz CT molecular complexity index is 234. The number of hydrogen-bond acceptors (Lipinski definition) is 8. The molecule has 0 aliphatic heterocycles. The highest BCUT2D eigenvalue weighted by atomic mass is 16.6. The Morgan fingerprint density at radius 3 is 1.64 bits per heavy atom. The number of aliphatic carboxylic acids is 1. The van der Waals surface area contributed by atoms with Crippen LogP contribution in [0.15, 0.2) is 0 Å². The van der Waals surface area contributed by atoms with E-state index in [4.69, 9.17) is 39.0 Å². The van der Waals surface area contributed by atoms with Crippen molar-refractivity contribution in [3.8, 4) is 0 Å². The van der Waals surface area contributed by atoms with Crippen molar-refractivity contribution in [1.29, 1.82) is 0 Å². The number of ether oxygens (including phenoxy) is 5. The van der Waals surface area contributed by atoms with Gasteiger partial charge in [-0.15, -0.1) is 0 Å². The molecule has 0 aliphatic rings. The lowest BCUT2D eigenvalue weighted by Gasteiger charge is -2.17. The van der Waals surface area contributed by atoms with Crippen molar-refractivity contribution >= 4 is 5.97 Å². The minimum atomic E-state index is -1.07. The van der Waals surface area contributed by atoms with Gasteiger partial charge in [-0.25, -0.2) is 4.79 Å². The van der Waals surface area contributed by atoms with Crippen molar-refractivity contribution in [1.82, 2.24) is 0 Å². The Labute approximate surface area is 129 Å². The van der Waals surface area contributed by atoms with Crippen LogP contribution in [0.4, 0.5) is 0 Å². The molecule has 9 heteroatoms. The van der Waals surface area contributed by atoms with Gasteiger partial charge in [0.1, 0.15) is 12.7 Å². The predicted molar refractivity (Wildman–Crippen MR) is 74.8 cm³/mol. The Morgan fingerprint density at radius 1 is 0.773 bits per heavy atom. The number of carboxylic acid groups (broad SMARTS) is 1. The molecule has 0 saturated heterocycles. The molecule has 0 heterocycles. The average Bonchev–Trinajstić information content (AvgIpc) is 2.50. The Hall–Kier alpha value is -0.810. The van der Waals surface area contributed by atoms with E-state index in [2.05, 4.69) is 0 Å². The highest BCUT2D eigenvalue weighted by Gasteiger charge is 2.12. The maximum atomic E-state index is 10.5. The fourth-order valence-electron chi connectivity index (χ4n) is 1.33. The van der Waals surface area contributed by atoms with Gasteiger partial charge in [-0.2, -0.15) is 0 Å². The monoisotopic (exact) mass is 326 g/mol. The molecule has 0 unspecified atom stereocenters. The van der Waals surface area contributed by atoms with Gasteiger partial charge in [0, 0.05) is 0 Å². The quantitative estimate of drug-likeness (QED) is 0.274. The van der Waals surface area contributed by atoms with E-state index in [1.165, 1.54) is 0 Å². The zero-order valence-corrected chi connectivity index (χ0v) is 12.6. The molecule has 0 rings (SSSR count). The first-order valence-electron chi connectivity index (χ1n) is 7.06. The molecule has 9 nitrogen and oxygen atoms in total. The average molecular weight is 326 g/mol. The van der Waals surface area contributed by atoms with Crippen molar-refractivity contribution in [2.24, 2.45) is 0 Å². The Balaban J connectivity index is 3.72. The summed E-state index contributed by atoms with van der Waals surface area (Å²) >= 11 is 0. The lowest BCUT2D eigenvalue weighted by Crippen LogP contribution is -2.29. The maximum absolute atomic E-state index is 10.5. The van der Waals surface area contributed by atoms with Crippen LogP contribution in [0.2, 0.25) is 0 Å². The number of carbonyl (C=O) groups is 1. The maximum Gasteiger partial charge on any atom is 0.329 e. The number of aliphatic hydroxyl groups excluding tert-OH is 2. The van der Waals surface area contributed by atoms with Gasteiger partial charge in [-0.1, -0.05) is 0 Å². The minimum Gasteiger partial charge on any atom is -0.480 e. The third-order valence-corrected chi connectivity index (χ3v) is 2.27. The van der Waals surface area contributed by atoms with Gasteiger partial charge >= 0.3 is 5.97 Å². The van der Waals surface area contributed by atoms with Crippen molar-refractivity contribution < 1.29 is 43.8 Å². The Kier molecular flexibility index (Phi) is 15.9. The van der Waals surface area contributed by atoms with Gasteiger partial charge in [-0.05, 0) is 0 Å². The second kappa shape index (κ2) is 16.6. The second-order valence-electron chi connectivity index (χ2n) is 4.15. The lowest BCUT2D eigenvalue weighted by molar-refractivity contribution is -0.148. The molecule has 3 N–H and O–H groups in total. The summed E-state index contributed by atoms with van der Waals surface area (Å²) in [6, 6.07) is 0. The molecular formula is C13H26O9. The highest BCUT2D eigenvalue weighted by Crippen LogP contribution is 1.96. The molecule has 0 amide bonds. The van der Waals surface area contributed by atoms with Crippen LogP contribution in [0.5, 0.6) is 0 Å². The van der Waals surface area contributed by atoms with Crippen LogP contribution >= 0.6 is 0 Å². The van der Waals surface area contributed by atoms with Gasteiger partial charge in [0.05, 0.1) is 66.1 Å². The Morgan fingerprint density at radius 2 is 1.23 bits per heavy atom. The molecule has 0 atom stereocenters. The molecule has 0 saturated carbocycles. The SMILES string of the molecule is O=C(O)COC(COCCOCCO)COCCOCCO. The largest absolute Gasteiger partial charge is 0.480 e. The van der Waals surface area contributed by atoms with Gasteiger partial charge < -0.3 is 39.0 Å². The first-order valence-corrected chi connectivity index (χ1v) is 7.06. The number of hydrogen-bond donors (Lipinski definition) is 3. The van der Waals surface area contributed by atoms with Gasteiger partial charge in [0.25, 0.3) is 0 Å². The second-order valence-corrected chi connectivity index (χ2v) is 4.15. The number of rotatable bonds is 17. The zero-order chi connectivity index (χ0) is 16.5. The van der Waals surface area contributed by atoms with Crippen molar-refractivity contribution in [3.63, 3.8) is 0 Å². The van der Waals surface area contributed by atoms with E-state index in [-0.39, 0.29) is 39.6 Å². The van der Waals surface area contributed by atoms with E-state index in [0.29, 0.717) is 26.4 Å². The normalized spacial score (nSPS) is 11.2. The van der Waals surface area contributed by atoms with Gasteiger partial charge in [0.2, 0.25) is 0 Å². The summed E-state index contributed by atoms with van der Waals surface area (Å²) in [5.74, 6) is -1.07. The third-order valence-electron chi connectivity index (χ3n) is 2.27. The highest BCUT2D eigenvalue weighted by molar-refractivity contribution is 5.68. The summed E-state index contributed by atoms with van der Waals surface area (Å²) in [7, 11) is 0. The van der Waals surface area contributed by atoms with Crippen molar-refractivity contribution in [2.45, 2.75) is 6.10 Å². The molecule has 132 valence electrons. The topological polar surface area (TPSA) is 124 Å². The van der Waals surface area contributed by atoms with Crippen LogP contribution in [0, 0.1) is 0 Å². The van der Waals surface area contributed by atoms with Gasteiger partial charge in [0.15, 0.2) is 0 Å². The molecule has 22 heavy (non-hydrogen) atoms. The van der Waals surface area contributed by atoms with E-state index in [0.717, 1.165) is 0 Å². The third kappa shape index (κ3) is 15.6. The first-order chi connectivity index (χ1) is 10.7. The summed E-state index contributed by atoms with van der Waals surface area (Å²) in [5.41, 5.74) is 0. The van der Waals surface area contributed by atoms with Crippen LogP contribution in [0.1, 0.15) is 0 Å². The summed E-state index contributed by atoms with van der Waals surface area (Å²) < 4.78 is 25.8. The van der Waals surface area contributed by atoms with Gasteiger partial charge in [-0.3, -0.25) is 0 Å². The number of aliphatic hydroxyl groups is 2. The van der Waals surface area contributed by atoms with Crippen molar-refractivity contribution in [3.05, 3.63) is 0 Å². The molecule has 0 aromatic rings. The summed E-state index contributed by atoms with van der Waals surface area (Å²) in [5, 5.41) is 25.7. The first kappa shape index (κ1) is 21.2. The summed E-state index contributed by atoms with van der Waals surface area (Å²) in [4.78, 5) is 10.5. The van der Waals surface area contributed by atoms with Crippen LogP contribution in [0.25, 0.3) is 0 Å². The molecule has 0 aromatic heterocycles. The van der Waals surface area contributed by atoms with Crippen molar-refractivity contribution in [2.75, 3.05) is 72.7 Å². The lowest BCUT2D eigenvalue weighted by atomic mass is 10.4. The fourth-order valence-corrected chi connectivity index (χ4v) is 1.33. The van der Waals surface area contributed by atoms with E-state index in [1.54, 1.807) is 0 Å². The molecule has 0 radical (unpaired) electrons. The fraction of sp³-hybridized carbons (Fsp3) is 0.923. The van der Waals surface area contributed by atoms with E-state index >= 15 is 0 Å². The van der Waals surface area contributed by atoms with Crippen LogP contribution in [0.3, 0.4) is 0 Å². The smallest absolute Gasteiger partial charge is 0.329 e. The molecular weight excluding hydrogens is 300 g/mol. The molecule has 0 aromatic carbocycles. The van der Waals surface area contributed by atoms with E-state index < -0.39 is 18.7 Å². The van der Waals surface area contributed by atoms with Crippen LogP contribution in [-0.4, -0.2) is 100 Å².